The van der Waals surface area contributed by atoms with E-state index < -0.39 is 11.4 Å². The molecule has 1 heterocycles. The molecule has 0 spiro atoms. The van der Waals surface area contributed by atoms with Crippen molar-refractivity contribution in [3.63, 3.8) is 0 Å². The fraction of sp³-hybridized carbons (Fsp3) is 0.500. The highest BCUT2D eigenvalue weighted by atomic mass is 32.2. The predicted molar refractivity (Wildman–Crippen MR) is 80.2 cm³/mol. The fourth-order valence-corrected chi connectivity index (χ4v) is 2.78. The molecule has 0 fully saturated rings. The zero-order valence-electron chi connectivity index (χ0n) is 12.1. The van der Waals surface area contributed by atoms with E-state index in [-0.39, 0.29) is 10.8 Å². The first-order valence-electron chi connectivity index (χ1n) is 6.39. The molecule has 0 unspecified atom stereocenters. The Labute approximate surface area is 117 Å². The van der Waals surface area contributed by atoms with Gasteiger partial charge >= 0.3 is 0 Å². The van der Waals surface area contributed by atoms with Crippen LogP contribution in [0.1, 0.15) is 39.3 Å². The maximum atomic E-state index is 12.2. The highest BCUT2D eigenvalue weighted by Gasteiger charge is 2.28. The molecule has 19 heavy (non-hydrogen) atoms. The maximum Gasteiger partial charge on any atom is 0.136 e. The van der Waals surface area contributed by atoms with Crippen molar-refractivity contribution in [3.05, 3.63) is 30.0 Å². The van der Waals surface area contributed by atoms with Gasteiger partial charge in [-0.05, 0) is 39.3 Å². The zero-order chi connectivity index (χ0) is 14.2. The highest BCUT2D eigenvalue weighted by molar-refractivity contribution is 7.90. The Bertz CT molecular complexity index is 574. The summed E-state index contributed by atoms with van der Waals surface area (Å²) >= 11 is -1.08. The molecule has 0 aliphatic rings. The molecular formula is C14H21N3OS. The Morgan fingerprint density at radius 1 is 1.37 bits per heavy atom. The monoisotopic (exact) mass is 279 g/mol. The van der Waals surface area contributed by atoms with Gasteiger partial charge in [0.2, 0.25) is 0 Å². The van der Waals surface area contributed by atoms with E-state index in [1.165, 1.54) is 0 Å². The van der Waals surface area contributed by atoms with Crippen molar-refractivity contribution >= 4 is 22.3 Å². The predicted octanol–water partition coefficient (Wildman–Crippen LogP) is 2.69. The lowest BCUT2D eigenvalue weighted by atomic mass is 10.1. The molecule has 104 valence electrons. The fourth-order valence-electron chi connectivity index (χ4n) is 1.98. The van der Waals surface area contributed by atoms with E-state index in [1.54, 1.807) is 0 Å². The van der Waals surface area contributed by atoms with Crippen LogP contribution in [-0.4, -0.2) is 19.1 Å². The summed E-state index contributed by atoms with van der Waals surface area (Å²) < 4.78 is 16.9. The quantitative estimate of drug-likeness (QED) is 0.879. The van der Waals surface area contributed by atoms with Crippen molar-refractivity contribution in [1.29, 1.82) is 0 Å². The van der Waals surface area contributed by atoms with Crippen molar-refractivity contribution in [3.8, 4) is 0 Å². The molecule has 2 rings (SSSR count). The van der Waals surface area contributed by atoms with Gasteiger partial charge in [0, 0.05) is 23.8 Å². The van der Waals surface area contributed by atoms with Crippen LogP contribution in [0.15, 0.2) is 24.4 Å². The van der Waals surface area contributed by atoms with E-state index in [9.17, 15) is 4.55 Å². The first kappa shape index (κ1) is 14.4. The van der Waals surface area contributed by atoms with Gasteiger partial charge in [0.15, 0.2) is 0 Å². The normalized spacial score (nSPS) is 15.7. The van der Waals surface area contributed by atoms with Crippen LogP contribution in [0.2, 0.25) is 0 Å². The number of rotatable bonds is 3. The molecule has 2 atom stereocenters. The molecule has 0 amide bonds. The average molecular weight is 279 g/mol. The maximum absolute atomic E-state index is 12.2. The number of aromatic nitrogens is 2. The molecule has 1 N–H and O–H groups in total. The summed E-state index contributed by atoms with van der Waals surface area (Å²) in [6.45, 7) is 7.93. The lowest BCUT2D eigenvalue weighted by Crippen LogP contribution is -2.40. The van der Waals surface area contributed by atoms with Gasteiger partial charge in [-0.3, -0.25) is 4.68 Å². The largest absolute Gasteiger partial charge is 0.598 e. The third-order valence-corrected chi connectivity index (χ3v) is 4.81. The van der Waals surface area contributed by atoms with Gasteiger partial charge in [0.05, 0.1) is 17.8 Å². The summed E-state index contributed by atoms with van der Waals surface area (Å²) in [5, 5.41) is 5.39. The van der Waals surface area contributed by atoms with Crippen molar-refractivity contribution in [2.45, 2.75) is 38.5 Å². The zero-order valence-corrected chi connectivity index (χ0v) is 12.9. The minimum Gasteiger partial charge on any atom is -0.598 e. The van der Waals surface area contributed by atoms with Crippen molar-refractivity contribution in [2.24, 2.45) is 7.05 Å². The summed E-state index contributed by atoms with van der Waals surface area (Å²) in [5.74, 6) is 0. The van der Waals surface area contributed by atoms with E-state index in [1.807, 2.05) is 57.8 Å². The van der Waals surface area contributed by atoms with E-state index in [0.717, 1.165) is 16.5 Å². The standard InChI is InChI=1S/C14H21N3OS/c1-10(16-19(18)14(2,3)4)11-7-6-8-13-12(11)9-15-17(13)5/h6-10,16H,1-5H3/t10-,19+/m0/s1. The summed E-state index contributed by atoms with van der Waals surface area (Å²) in [6.07, 6.45) is 1.86. The summed E-state index contributed by atoms with van der Waals surface area (Å²) in [7, 11) is 1.93. The molecule has 2 aromatic rings. The van der Waals surface area contributed by atoms with Crippen LogP contribution in [0.3, 0.4) is 0 Å². The van der Waals surface area contributed by atoms with Gasteiger partial charge in [0.25, 0.3) is 0 Å². The lowest BCUT2D eigenvalue weighted by molar-refractivity contribution is 0.532. The smallest absolute Gasteiger partial charge is 0.136 e. The molecule has 0 aliphatic heterocycles. The van der Waals surface area contributed by atoms with Gasteiger partial charge in [-0.2, -0.15) is 5.10 Å². The van der Waals surface area contributed by atoms with Crippen molar-refractivity contribution in [2.75, 3.05) is 0 Å². The van der Waals surface area contributed by atoms with Crippen LogP contribution in [-0.2, 0) is 18.4 Å². The third-order valence-electron chi connectivity index (χ3n) is 3.13. The topological polar surface area (TPSA) is 52.9 Å². The van der Waals surface area contributed by atoms with E-state index in [2.05, 4.69) is 15.9 Å². The van der Waals surface area contributed by atoms with Crippen LogP contribution in [0.5, 0.6) is 0 Å². The number of hydrogen-bond donors (Lipinski definition) is 1. The van der Waals surface area contributed by atoms with Crippen LogP contribution >= 0.6 is 0 Å². The molecule has 0 bridgehead atoms. The molecule has 1 aromatic heterocycles. The Morgan fingerprint density at radius 2 is 2.05 bits per heavy atom. The molecule has 4 nitrogen and oxygen atoms in total. The number of benzene rings is 1. The third kappa shape index (κ3) is 2.94. The second-order valence-electron chi connectivity index (χ2n) is 5.77. The van der Waals surface area contributed by atoms with Gasteiger partial charge in [-0.25, -0.2) is 0 Å². The highest BCUT2D eigenvalue weighted by Crippen LogP contribution is 2.25. The summed E-state index contributed by atoms with van der Waals surface area (Å²) in [6, 6.07) is 6.13. The van der Waals surface area contributed by atoms with Gasteiger partial charge in [-0.15, -0.1) is 4.72 Å². The second-order valence-corrected chi connectivity index (χ2v) is 7.77. The van der Waals surface area contributed by atoms with Crippen molar-refractivity contribution in [1.82, 2.24) is 14.5 Å². The first-order valence-corrected chi connectivity index (χ1v) is 7.54. The number of hydrogen-bond acceptors (Lipinski definition) is 3. The van der Waals surface area contributed by atoms with E-state index in [0.29, 0.717) is 0 Å². The molecule has 1 aromatic carbocycles. The first-order chi connectivity index (χ1) is 8.80. The van der Waals surface area contributed by atoms with Gasteiger partial charge in [0.1, 0.15) is 4.75 Å². The molecule has 0 radical (unpaired) electrons. The number of nitrogens with one attached hydrogen (secondary N) is 1. The Hall–Kier alpha value is -1.04. The Morgan fingerprint density at radius 3 is 2.68 bits per heavy atom. The van der Waals surface area contributed by atoms with Gasteiger partial charge < -0.3 is 4.55 Å². The minimum atomic E-state index is -1.08. The number of fused-ring (bicyclic) bond motifs is 1. The molecule has 0 aliphatic carbocycles. The van der Waals surface area contributed by atoms with Gasteiger partial charge in [-0.1, -0.05) is 12.1 Å². The average Bonchev–Trinajstić information content (AvgIpc) is 2.70. The van der Waals surface area contributed by atoms with Crippen LogP contribution in [0.25, 0.3) is 10.9 Å². The SMILES string of the molecule is C[C@H](N[S@+]([O-])C(C)(C)C)c1cccc2c1cnn2C. The molecule has 0 saturated heterocycles. The minimum absolute atomic E-state index is 0.0213. The Balaban J connectivity index is 2.29. The Kier molecular flexibility index (Phi) is 3.90. The van der Waals surface area contributed by atoms with Crippen LogP contribution in [0, 0.1) is 0 Å². The second kappa shape index (κ2) is 5.15. The number of nitrogens with zero attached hydrogens (tertiary/aromatic N) is 2. The molecular weight excluding hydrogens is 258 g/mol. The molecule has 5 heteroatoms. The summed E-state index contributed by atoms with van der Waals surface area (Å²) in [5.41, 5.74) is 2.22. The lowest BCUT2D eigenvalue weighted by Gasteiger charge is -2.26. The summed E-state index contributed by atoms with van der Waals surface area (Å²) in [4.78, 5) is 0. The van der Waals surface area contributed by atoms with Crippen LogP contribution < -0.4 is 4.72 Å². The van der Waals surface area contributed by atoms with Crippen molar-refractivity contribution < 1.29 is 4.55 Å². The van der Waals surface area contributed by atoms with E-state index >= 15 is 0 Å². The van der Waals surface area contributed by atoms with E-state index in [4.69, 9.17) is 0 Å². The molecule has 0 saturated carbocycles. The number of aryl methyl sites for hydroxylation is 1. The van der Waals surface area contributed by atoms with Crippen LogP contribution in [0.4, 0.5) is 0 Å².